The maximum Gasteiger partial charge on any atom is 0.322 e. The van der Waals surface area contributed by atoms with E-state index in [1.807, 2.05) is 0 Å². The molecule has 0 aromatic heterocycles. The van der Waals surface area contributed by atoms with Crippen LogP contribution in [0.3, 0.4) is 0 Å². The Morgan fingerprint density at radius 1 is 1.20 bits per heavy atom. The standard InChI is InChI=1S/C13H21N3O3S/c17-11(14-9-5-3-1-2-4-6-9)8-20-7-10-12(18)16-13(19)15-10/h9-10H,1-8H2,(H,14,17)(H2,15,16,18,19). The lowest BCUT2D eigenvalue weighted by Gasteiger charge is -2.16. The molecule has 3 N–H and O–H groups in total. The Morgan fingerprint density at radius 3 is 2.50 bits per heavy atom. The van der Waals surface area contributed by atoms with Crippen molar-refractivity contribution in [3.8, 4) is 0 Å². The molecule has 1 saturated heterocycles. The zero-order valence-electron chi connectivity index (χ0n) is 11.4. The van der Waals surface area contributed by atoms with Gasteiger partial charge in [0.25, 0.3) is 5.91 Å². The zero-order valence-corrected chi connectivity index (χ0v) is 12.3. The number of hydrogen-bond acceptors (Lipinski definition) is 4. The van der Waals surface area contributed by atoms with E-state index in [1.54, 1.807) is 0 Å². The van der Waals surface area contributed by atoms with E-state index in [2.05, 4.69) is 16.0 Å². The Kier molecular flexibility index (Phi) is 5.70. The van der Waals surface area contributed by atoms with E-state index in [9.17, 15) is 14.4 Å². The smallest absolute Gasteiger partial charge is 0.322 e. The molecular weight excluding hydrogens is 278 g/mol. The molecule has 1 unspecified atom stereocenters. The van der Waals surface area contributed by atoms with Gasteiger partial charge in [-0.15, -0.1) is 11.8 Å². The van der Waals surface area contributed by atoms with E-state index in [4.69, 9.17) is 0 Å². The SMILES string of the molecule is O=C(CSCC1NC(=O)NC1=O)NC1CCCCCC1. The molecule has 0 aromatic carbocycles. The third-order valence-electron chi connectivity index (χ3n) is 3.60. The minimum absolute atomic E-state index is 0.0200. The molecule has 1 aliphatic carbocycles. The Balaban J connectivity index is 1.62. The second-order valence-corrected chi connectivity index (χ2v) is 6.32. The Bertz CT molecular complexity index is 381. The van der Waals surface area contributed by atoms with Crippen molar-refractivity contribution in [2.45, 2.75) is 50.6 Å². The van der Waals surface area contributed by atoms with Crippen LogP contribution in [-0.2, 0) is 9.59 Å². The molecule has 0 spiro atoms. The summed E-state index contributed by atoms with van der Waals surface area (Å²) in [5, 5.41) is 7.75. The molecule has 0 bridgehead atoms. The Labute approximate surface area is 122 Å². The number of imide groups is 1. The van der Waals surface area contributed by atoms with Crippen molar-refractivity contribution in [3.05, 3.63) is 0 Å². The number of carbonyl (C=O) groups excluding carboxylic acids is 3. The quantitative estimate of drug-likeness (QED) is 0.517. The fraction of sp³-hybridized carbons (Fsp3) is 0.769. The van der Waals surface area contributed by atoms with Crippen LogP contribution in [0.1, 0.15) is 38.5 Å². The highest BCUT2D eigenvalue weighted by Crippen LogP contribution is 2.17. The first kappa shape index (κ1) is 15.2. The maximum atomic E-state index is 11.8. The molecule has 1 saturated carbocycles. The molecule has 112 valence electrons. The second kappa shape index (κ2) is 7.52. The summed E-state index contributed by atoms with van der Waals surface area (Å²) in [5.41, 5.74) is 0. The molecule has 20 heavy (non-hydrogen) atoms. The molecule has 1 heterocycles. The average Bonchev–Trinajstić information content (AvgIpc) is 2.61. The van der Waals surface area contributed by atoms with Crippen LogP contribution in [0.5, 0.6) is 0 Å². The highest BCUT2D eigenvalue weighted by atomic mass is 32.2. The lowest BCUT2D eigenvalue weighted by atomic mass is 10.1. The van der Waals surface area contributed by atoms with Gasteiger partial charge in [-0.2, -0.15) is 0 Å². The fourth-order valence-corrected chi connectivity index (χ4v) is 3.40. The van der Waals surface area contributed by atoms with E-state index < -0.39 is 12.1 Å². The molecule has 0 radical (unpaired) electrons. The van der Waals surface area contributed by atoms with Crippen molar-refractivity contribution < 1.29 is 14.4 Å². The molecule has 2 rings (SSSR count). The van der Waals surface area contributed by atoms with Crippen molar-refractivity contribution in [2.75, 3.05) is 11.5 Å². The lowest BCUT2D eigenvalue weighted by molar-refractivity contribution is -0.120. The Hall–Kier alpha value is -1.24. The predicted molar refractivity (Wildman–Crippen MR) is 77.4 cm³/mol. The molecular formula is C13H21N3O3S. The summed E-state index contributed by atoms with van der Waals surface area (Å²) >= 11 is 1.37. The molecule has 0 aromatic rings. The molecule has 2 aliphatic rings. The molecule has 4 amide bonds. The van der Waals surface area contributed by atoms with Gasteiger partial charge in [-0.3, -0.25) is 14.9 Å². The number of amides is 4. The lowest BCUT2D eigenvalue weighted by Crippen LogP contribution is -2.36. The number of rotatable bonds is 5. The molecule has 1 atom stereocenters. The van der Waals surface area contributed by atoms with Crippen molar-refractivity contribution in [3.63, 3.8) is 0 Å². The van der Waals surface area contributed by atoms with Gasteiger partial charge in [-0.25, -0.2) is 4.79 Å². The van der Waals surface area contributed by atoms with Gasteiger partial charge in [0.2, 0.25) is 5.91 Å². The van der Waals surface area contributed by atoms with Crippen LogP contribution < -0.4 is 16.0 Å². The normalized spacial score (nSPS) is 23.9. The zero-order chi connectivity index (χ0) is 14.4. The maximum absolute atomic E-state index is 11.8. The summed E-state index contributed by atoms with van der Waals surface area (Å²) in [5.74, 6) is 0.463. The van der Waals surface area contributed by atoms with Gasteiger partial charge in [0.15, 0.2) is 0 Å². The minimum Gasteiger partial charge on any atom is -0.353 e. The summed E-state index contributed by atoms with van der Waals surface area (Å²) in [6.07, 6.45) is 7.03. The van der Waals surface area contributed by atoms with E-state index in [1.165, 1.54) is 37.4 Å². The van der Waals surface area contributed by atoms with E-state index in [-0.39, 0.29) is 11.8 Å². The number of thioether (sulfide) groups is 1. The highest BCUT2D eigenvalue weighted by Gasteiger charge is 2.29. The van der Waals surface area contributed by atoms with Crippen LogP contribution in [0.15, 0.2) is 0 Å². The fourth-order valence-electron chi connectivity index (χ4n) is 2.54. The van der Waals surface area contributed by atoms with Crippen LogP contribution in [0.25, 0.3) is 0 Å². The molecule has 1 aliphatic heterocycles. The number of urea groups is 1. The summed E-state index contributed by atoms with van der Waals surface area (Å²) in [4.78, 5) is 34.1. The number of carbonyl (C=O) groups is 3. The first-order chi connectivity index (χ1) is 9.65. The van der Waals surface area contributed by atoms with Crippen LogP contribution >= 0.6 is 11.8 Å². The molecule has 7 heteroatoms. The second-order valence-electron chi connectivity index (χ2n) is 5.29. The summed E-state index contributed by atoms with van der Waals surface area (Å²) < 4.78 is 0. The Morgan fingerprint density at radius 2 is 1.90 bits per heavy atom. The topological polar surface area (TPSA) is 87.3 Å². The van der Waals surface area contributed by atoms with Gasteiger partial charge in [0.1, 0.15) is 6.04 Å². The van der Waals surface area contributed by atoms with Crippen molar-refractivity contribution in [1.82, 2.24) is 16.0 Å². The van der Waals surface area contributed by atoms with E-state index in [0.717, 1.165) is 12.8 Å². The van der Waals surface area contributed by atoms with Crippen molar-refractivity contribution in [2.24, 2.45) is 0 Å². The molecule has 2 fully saturated rings. The highest BCUT2D eigenvalue weighted by molar-refractivity contribution is 8.00. The van der Waals surface area contributed by atoms with Crippen LogP contribution in [0, 0.1) is 0 Å². The van der Waals surface area contributed by atoms with E-state index >= 15 is 0 Å². The largest absolute Gasteiger partial charge is 0.353 e. The van der Waals surface area contributed by atoms with Gasteiger partial charge in [0.05, 0.1) is 5.75 Å². The summed E-state index contributed by atoms with van der Waals surface area (Å²) in [6.45, 7) is 0. The molecule has 6 nitrogen and oxygen atoms in total. The average molecular weight is 299 g/mol. The van der Waals surface area contributed by atoms with Crippen LogP contribution in [0.2, 0.25) is 0 Å². The first-order valence-corrected chi connectivity index (χ1v) is 8.29. The minimum atomic E-state index is -0.516. The summed E-state index contributed by atoms with van der Waals surface area (Å²) in [7, 11) is 0. The van der Waals surface area contributed by atoms with Crippen LogP contribution in [0.4, 0.5) is 4.79 Å². The summed E-state index contributed by atoms with van der Waals surface area (Å²) in [6, 6.07) is -0.665. The third-order valence-corrected chi connectivity index (χ3v) is 4.63. The monoisotopic (exact) mass is 299 g/mol. The first-order valence-electron chi connectivity index (χ1n) is 7.13. The third kappa shape index (κ3) is 4.70. The number of nitrogens with one attached hydrogen (secondary N) is 3. The predicted octanol–water partition coefficient (Wildman–Crippen LogP) is 0.767. The van der Waals surface area contributed by atoms with Crippen LogP contribution in [-0.4, -0.2) is 41.4 Å². The van der Waals surface area contributed by atoms with Crippen molar-refractivity contribution >= 4 is 29.6 Å². The van der Waals surface area contributed by atoms with E-state index in [0.29, 0.717) is 17.5 Å². The number of hydrogen-bond donors (Lipinski definition) is 3. The van der Waals surface area contributed by atoms with Gasteiger partial charge in [-0.05, 0) is 12.8 Å². The van der Waals surface area contributed by atoms with Gasteiger partial charge in [-0.1, -0.05) is 25.7 Å². The van der Waals surface area contributed by atoms with Gasteiger partial charge < -0.3 is 10.6 Å². The van der Waals surface area contributed by atoms with Gasteiger partial charge in [0, 0.05) is 11.8 Å². The van der Waals surface area contributed by atoms with Crippen molar-refractivity contribution in [1.29, 1.82) is 0 Å². The van der Waals surface area contributed by atoms with Gasteiger partial charge >= 0.3 is 6.03 Å².